The molecule has 0 saturated carbocycles. The van der Waals surface area contributed by atoms with E-state index in [1.54, 1.807) is 7.11 Å². The summed E-state index contributed by atoms with van der Waals surface area (Å²) in [5.74, 6) is -0.271. The number of hydrogen-bond donors (Lipinski definition) is 1. The molecule has 2 aromatic rings. The summed E-state index contributed by atoms with van der Waals surface area (Å²) in [6.45, 7) is 2.27. The Morgan fingerprint density at radius 1 is 1.52 bits per heavy atom. The monoisotopic (exact) mass is 317 g/mol. The van der Waals surface area contributed by atoms with Crippen LogP contribution in [0.25, 0.3) is 0 Å². The zero-order chi connectivity index (χ0) is 16.1. The number of hydrogen-bond acceptors (Lipinski definition) is 6. The molecule has 0 bridgehead atoms. The lowest BCUT2D eigenvalue weighted by atomic mass is 10.1. The first kappa shape index (κ1) is 15.6. The molecule has 0 saturated heterocycles. The minimum atomic E-state index is -0.271. The number of nitrogens with one attached hydrogen (secondary N) is 1. The van der Waals surface area contributed by atoms with Crippen LogP contribution in [0.3, 0.4) is 0 Å². The van der Waals surface area contributed by atoms with Crippen molar-refractivity contribution >= 4 is 5.91 Å². The number of rotatable bonds is 6. The van der Waals surface area contributed by atoms with Gasteiger partial charge >= 0.3 is 0 Å². The topological polar surface area (TPSA) is 91.2 Å². The lowest BCUT2D eigenvalue weighted by molar-refractivity contribution is 0.0381. The van der Waals surface area contributed by atoms with Gasteiger partial charge in [0.2, 0.25) is 0 Å². The van der Waals surface area contributed by atoms with Crippen molar-refractivity contribution in [1.82, 2.24) is 25.1 Å². The highest BCUT2D eigenvalue weighted by molar-refractivity contribution is 5.91. The maximum atomic E-state index is 12.0. The third-order valence-electron chi connectivity index (χ3n) is 3.63. The molecule has 0 spiro atoms. The van der Waals surface area contributed by atoms with E-state index in [2.05, 4.69) is 20.4 Å². The molecule has 3 rings (SSSR count). The second-order valence-electron chi connectivity index (χ2n) is 5.21. The third kappa shape index (κ3) is 3.72. The molecule has 1 atom stereocenters. The molecule has 1 aliphatic heterocycles. The summed E-state index contributed by atoms with van der Waals surface area (Å²) in [5.41, 5.74) is 2.33. The van der Waals surface area contributed by atoms with Gasteiger partial charge in [-0.1, -0.05) is 0 Å². The van der Waals surface area contributed by atoms with Gasteiger partial charge in [0.05, 0.1) is 31.6 Å². The molecule has 0 aliphatic carbocycles. The Balaban J connectivity index is 1.64. The van der Waals surface area contributed by atoms with Crippen LogP contribution in [-0.4, -0.2) is 52.5 Å². The van der Waals surface area contributed by atoms with Crippen molar-refractivity contribution in [3.05, 3.63) is 41.7 Å². The fourth-order valence-electron chi connectivity index (χ4n) is 2.48. The van der Waals surface area contributed by atoms with Crippen LogP contribution in [0.5, 0.6) is 0 Å². The molecule has 0 unspecified atom stereocenters. The normalized spacial score (nSPS) is 16.8. The fraction of sp³-hybridized carbons (Fsp3) is 0.467. The summed E-state index contributed by atoms with van der Waals surface area (Å²) in [6.07, 6.45) is 7.05. The van der Waals surface area contributed by atoms with E-state index in [1.165, 1.54) is 18.6 Å². The van der Waals surface area contributed by atoms with Crippen molar-refractivity contribution in [2.45, 2.75) is 19.1 Å². The van der Waals surface area contributed by atoms with Crippen molar-refractivity contribution in [3.8, 4) is 0 Å². The van der Waals surface area contributed by atoms with Crippen molar-refractivity contribution < 1.29 is 14.3 Å². The summed E-state index contributed by atoms with van der Waals surface area (Å²) in [5, 5.41) is 7.37. The average Bonchev–Trinajstić information content (AvgIpc) is 3.02. The molecular formula is C15H19N5O3. The highest BCUT2D eigenvalue weighted by Gasteiger charge is 2.25. The summed E-state index contributed by atoms with van der Waals surface area (Å²) in [7, 11) is 1.66. The Morgan fingerprint density at radius 2 is 2.43 bits per heavy atom. The lowest BCUT2D eigenvalue weighted by Gasteiger charge is -2.22. The average molecular weight is 317 g/mol. The van der Waals surface area contributed by atoms with Gasteiger partial charge in [0.25, 0.3) is 5.91 Å². The van der Waals surface area contributed by atoms with Crippen molar-refractivity contribution in [2.75, 3.05) is 26.9 Å². The molecule has 0 radical (unpaired) electrons. The number of aromatic nitrogens is 4. The number of methoxy groups -OCH3 is 1. The van der Waals surface area contributed by atoms with E-state index in [9.17, 15) is 4.79 Å². The standard InChI is InChI=1S/C15H19N5O3/c1-22-7-5-20-10-11-2-6-23-13(14(11)19-20)9-18-15(21)12-8-16-3-4-17-12/h3-4,8,10,13H,2,5-7,9H2,1H3,(H,18,21)/t13-/m1/s1. The Kier molecular flexibility index (Phi) is 4.94. The van der Waals surface area contributed by atoms with Gasteiger partial charge in [-0.25, -0.2) is 4.98 Å². The first-order chi connectivity index (χ1) is 11.3. The van der Waals surface area contributed by atoms with E-state index in [0.29, 0.717) is 26.3 Å². The number of carbonyl (C=O) groups excluding carboxylic acids is 1. The predicted octanol–water partition coefficient (Wildman–Crippen LogP) is 0.363. The van der Waals surface area contributed by atoms with Gasteiger partial charge in [0.15, 0.2) is 0 Å². The van der Waals surface area contributed by atoms with Gasteiger partial charge in [0.1, 0.15) is 11.8 Å². The van der Waals surface area contributed by atoms with Crippen LogP contribution in [0.15, 0.2) is 24.8 Å². The van der Waals surface area contributed by atoms with Gasteiger partial charge in [-0.05, 0) is 12.0 Å². The first-order valence-corrected chi connectivity index (χ1v) is 7.49. The van der Waals surface area contributed by atoms with Gasteiger partial charge < -0.3 is 14.8 Å². The smallest absolute Gasteiger partial charge is 0.271 e. The first-order valence-electron chi connectivity index (χ1n) is 7.49. The Labute approximate surface area is 133 Å². The second kappa shape index (κ2) is 7.30. The summed E-state index contributed by atoms with van der Waals surface area (Å²) in [4.78, 5) is 19.9. The minimum Gasteiger partial charge on any atom is -0.383 e. The largest absolute Gasteiger partial charge is 0.383 e. The molecule has 23 heavy (non-hydrogen) atoms. The Bertz CT molecular complexity index is 658. The number of carbonyl (C=O) groups is 1. The van der Waals surface area contributed by atoms with Crippen LogP contribution in [0.1, 0.15) is 27.8 Å². The molecule has 0 fully saturated rings. The van der Waals surface area contributed by atoms with Crippen molar-refractivity contribution in [2.24, 2.45) is 0 Å². The number of fused-ring (bicyclic) bond motifs is 1. The van der Waals surface area contributed by atoms with Gasteiger partial charge in [0, 0.05) is 32.2 Å². The maximum absolute atomic E-state index is 12.0. The minimum absolute atomic E-state index is 0.247. The zero-order valence-electron chi connectivity index (χ0n) is 12.9. The van der Waals surface area contributed by atoms with Crippen LogP contribution >= 0.6 is 0 Å². The molecule has 3 heterocycles. The van der Waals surface area contributed by atoms with E-state index < -0.39 is 0 Å². The Hall–Kier alpha value is -2.32. The van der Waals surface area contributed by atoms with Gasteiger partial charge in [-0.3, -0.25) is 14.5 Å². The number of amides is 1. The van der Waals surface area contributed by atoms with Crippen LogP contribution in [-0.2, 0) is 22.4 Å². The molecule has 1 N–H and O–H groups in total. The Morgan fingerprint density at radius 3 is 3.22 bits per heavy atom. The molecule has 2 aromatic heterocycles. The molecule has 8 nitrogen and oxygen atoms in total. The quantitative estimate of drug-likeness (QED) is 0.827. The fourth-order valence-corrected chi connectivity index (χ4v) is 2.48. The summed E-state index contributed by atoms with van der Waals surface area (Å²) >= 11 is 0. The van der Waals surface area contributed by atoms with E-state index in [1.807, 2.05) is 10.9 Å². The van der Waals surface area contributed by atoms with E-state index in [-0.39, 0.29) is 17.7 Å². The molecular weight excluding hydrogens is 298 g/mol. The van der Waals surface area contributed by atoms with Crippen LogP contribution in [0, 0.1) is 0 Å². The van der Waals surface area contributed by atoms with Gasteiger partial charge in [-0.15, -0.1) is 0 Å². The molecule has 8 heteroatoms. The zero-order valence-corrected chi connectivity index (χ0v) is 12.9. The summed E-state index contributed by atoms with van der Waals surface area (Å²) in [6, 6.07) is 0. The van der Waals surface area contributed by atoms with E-state index in [4.69, 9.17) is 9.47 Å². The maximum Gasteiger partial charge on any atom is 0.271 e. The third-order valence-corrected chi connectivity index (χ3v) is 3.63. The number of nitrogens with zero attached hydrogens (tertiary/aromatic N) is 4. The lowest BCUT2D eigenvalue weighted by Crippen LogP contribution is -2.32. The van der Waals surface area contributed by atoms with Crippen LogP contribution in [0.2, 0.25) is 0 Å². The highest BCUT2D eigenvalue weighted by Crippen LogP contribution is 2.25. The SMILES string of the molecule is COCCn1cc2c(n1)[C@@H](CNC(=O)c1cnccn1)OCC2. The summed E-state index contributed by atoms with van der Waals surface area (Å²) < 4.78 is 12.7. The van der Waals surface area contributed by atoms with E-state index >= 15 is 0 Å². The predicted molar refractivity (Wildman–Crippen MR) is 80.9 cm³/mol. The molecule has 0 aromatic carbocycles. The highest BCUT2D eigenvalue weighted by atomic mass is 16.5. The van der Waals surface area contributed by atoms with Crippen LogP contribution in [0.4, 0.5) is 0 Å². The second-order valence-corrected chi connectivity index (χ2v) is 5.21. The van der Waals surface area contributed by atoms with E-state index in [0.717, 1.165) is 17.7 Å². The molecule has 1 amide bonds. The van der Waals surface area contributed by atoms with Crippen molar-refractivity contribution in [1.29, 1.82) is 0 Å². The van der Waals surface area contributed by atoms with Gasteiger partial charge in [-0.2, -0.15) is 5.10 Å². The van der Waals surface area contributed by atoms with Crippen molar-refractivity contribution in [3.63, 3.8) is 0 Å². The molecule has 1 aliphatic rings. The number of ether oxygens (including phenoxy) is 2. The van der Waals surface area contributed by atoms with Crippen LogP contribution < -0.4 is 5.32 Å². The molecule has 122 valence electrons.